The predicted octanol–water partition coefficient (Wildman–Crippen LogP) is 3.71. The molecule has 1 heterocycles. The summed E-state index contributed by atoms with van der Waals surface area (Å²) in [4.78, 5) is 24.6. The van der Waals surface area contributed by atoms with Crippen molar-refractivity contribution in [2.45, 2.75) is 6.54 Å². The summed E-state index contributed by atoms with van der Waals surface area (Å²) in [6.45, 7) is -0.183. The van der Waals surface area contributed by atoms with Gasteiger partial charge in [0.25, 0.3) is 5.56 Å². The van der Waals surface area contributed by atoms with Crippen molar-refractivity contribution in [3.05, 3.63) is 89.2 Å². The lowest BCUT2D eigenvalue weighted by molar-refractivity contribution is -0.117. The van der Waals surface area contributed by atoms with E-state index in [4.69, 9.17) is 4.74 Å². The lowest BCUT2D eigenvalue weighted by atomic mass is 10.1. The standard InChI is InChI=1S/C23H19N3O3/c1-29-20-8-4-7-19(14-20)24-22(27)15-26-23(28)12-11-21(25-26)18-10-9-16-5-2-3-6-17(16)13-18/h2-14H,15H2,1H3,(H,24,27). The molecule has 0 saturated heterocycles. The minimum absolute atomic E-state index is 0.183. The van der Waals surface area contributed by atoms with Crippen LogP contribution in [0.15, 0.2) is 83.7 Å². The minimum atomic E-state index is -0.344. The molecule has 0 aliphatic carbocycles. The highest BCUT2D eigenvalue weighted by Gasteiger charge is 2.09. The van der Waals surface area contributed by atoms with E-state index in [1.807, 2.05) is 42.5 Å². The third-order valence-corrected chi connectivity index (χ3v) is 4.56. The first kappa shape index (κ1) is 18.4. The van der Waals surface area contributed by atoms with Crippen LogP contribution in [-0.4, -0.2) is 22.8 Å². The van der Waals surface area contributed by atoms with Crippen LogP contribution in [0.5, 0.6) is 5.75 Å². The third-order valence-electron chi connectivity index (χ3n) is 4.56. The van der Waals surface area contributed by atoms with Crippen molar-refractivity contribution in [2.24, 2.45) is 0 Å². The van der Waals surface area contributed by atoms with Gasteiger partial charge in [-0.1, -0.05) is 42.5 Å². The summed E-state index contributed by atoms with van der Waals surface area (Å²) in [5.41, 5.74) is 1.76. The van der Waals surface area contributed by atoms with Gasteiger partial charge >= 0.3 is 0 Å². The molecule has 1 amide bonds. The quantitative estimate of drug-likeness (QED) is 0.568. The summed E-state index contributed by atoms with van der Waals surface area (Å²) in [6, 6.07) is 24.1. The molecule has 0 aliphatic heterocycles. The number of carbonyl (C=O) groups excluding carboxylic acids is 1. The Bertz CT molecular complexity index is 1250. The number of hydrogen-bond donors (Lipinski definition) is 1. The van der Waals surface area contributed by atoms with Crippen LogP contribution in [0.4, 0.5) is 5.69 Å². The maximum absolute atomic E-state index is 12.4. The topological polar surface area (TPSA) is 73.2 Å². The van der Waals surface area contributed by atoms with E-state index in [0.717, 1.165) is 16.3 Å². The van der Waals surface area contributed by atoms with Crippen LogP contribution >= 0.6 is 0 Å². The van der Waals surface area contributed by atoms with E-state index in [-0.39, 0.29) is 18.0 Å². The van der Waals surface area contributed by atoms with Gasteiger partial charge in [-0.3, -0.25) is 9.59 Å². The van der Waals surface area contributed by atoms with E-state index >= 15 is 0 Å². The SMILES string of the molecule is COc1cccc(NC(=O)Cn2nc(-c3ccc4ccccc4c3)ccc2=O)c1. The number of nitrogens with one attached hydrogen (secondary N) is 1. The molecule has 0 atom stereocenters. The fraction of sp³-hybridized carbons (Fsp3) is 0.0870. The Labute approximate surface area is 167 Å². The van der Waals surface area contributed by atoms with Gasteiger partial charge in [0.15, 0.2) is 0 Å². The number of nitrogens with zero attached hydrogens (tertiary/aromatic N) is 2. The van der Waals surface area contributed by atoms with E-state index in [0.29, 0.717) is 17.1 Å². The lowest BCUT2D eigenvalue weighted by Crippen LogP contribution is -2.29. The summed E-state index contributed by atoms with van der Waals surface area (Å²) in [7, 11) is 1.56. The molecule has 4 aromatic rings. The monoisotopic (exact) mass is 385 g/mol. The van der Waals surface area contributed by atoms with E-state index in [9.17, 15) is 9.59 Å². The number of ether oxygens (including phenoxy) is 1. The van der Waals surface area contributed by atoms with Crippen molar-refractivity contribution < 1.29 is 9.53 Å². The average Bonchev–Trinajstić information content (AvgIpc) is 2.75. The van der Waals surface area contributed by atoms with Gasteiger partial charge < -0.3 is 10.1 Å². The molecular weight excluding hydrogens is 366 g/mol. The number of benzene rings is 3. The zero-order chi connectivity index (χ0) is 20.2. The number of fused-ring (bicyclic) bond motifs is 1. The number of hydrogen-bond acceptors (Lipinski definition) is 4. The van der Waals surface area contributed by atoms with Gasteiger partial charge in [-0.15, -0.1) is 0 Å². The van der Waals surface area contributed by atoms with Gasteiger partial charge in [0.05, 0.1) is 12.8 Å². The highest BCUT2D eigenvalue weighted by molar-refractivity contribution is 5.90. The van der Waals surface area contributed by atoms with Crippen LogP contribution in [0.2, 0.25) is 0 Å². The predicted molar refractivity (Wildman–Crippen MR) is 113 cm³/mol. The lowest BCUT2D eigenvalue weighted by Gasteiger charge is -2.09. The summed E-state index contributed by atoms with van der Waals surface area (Å²) in [5.74, 6) is 0.292. The molecule has 0 unspecified atom stereocenters. The molecule has 0 aliphatic rings. The van der Waals surface area contributed by atoms with Crippen molar-refractivity contribution in [2.75, 3.05) is 12.4 Å². The Hall–Kier alpha value is -3.93. The number of methoxy groups -OCH3 is 1. The number of rotatable bonds is 5. The number of aromatic nitrogens is 2. The molecule has 0 saturated carbocycles. The van der Waals surface area contributed by atoms with Gasteiger partial charge in [-0.05, 0) is 35.0 Å². The van der Waals surface area contributed by atoms with Crippen molar-refractivity contribution in [3.8, 4) is 17.0 Å². The molecule has 6 nitrogen and oxygen atoms in total. The number of anilines is 1. The van der Waals surface area contributed by atoms with Gasteiger partial charge in [0.1, 0.15) is 12.3 Å². The Morgan fingerprint density at radius 1 is 0.966 bits per heavy atom. The van der Waals surface area contributed by atoms with Crippen LogP contribution in [0.25, 0.3) is 22.0 Å². The Morgan fingerprint density at radius 3 is 2.62 bits per heavy atom. The van der Waals surface area contributed by atoms with Crippen LogP contribution < -0.4 is 15.6 Å². The molecule has 0 bridgehead atoms. The summed E-state index contributed by atoms with van der Waals surface area (Å²) < 4.78 is 6.32. The fourth-order valence-electron chi connectivity index (χ4n) is 3.10. The average molecular weight is 385 g/mol. The summed E-state index contributed by atoms with van der Waals surface area (Å²) in [5, 5.41) is 9.35. The van der Waals surface area contributed by atoms with Crippen molar-refractivity contribution >= 4 is 22.4 Å². The van der Waals surface area contributed by atoms with Crippen molar-refractivity contribution in [1.29, 1.82) is 0 Å². The van der Waals surface area contributed by atoms with Gasteiger partial charge in [0.2, 0.25) is 5.91 Å². The van der Waals surface area contributed by atoms with Crippen LogP contribution in [0.1, 0.15) is 0 Å². The molecule has 0 radical (unpaired) electrons. The number of carbonyl (C=O) groups is 1. The van der Waals surface area contributed by atoms with Crippen LogP contribution in [-0.2, 0) is 11.3 Å². The van der Waals surface area contributed by atoms with Crippen LogP contribution in [0.3, 0.4) is 0 Å². The normalized spacial score (nSPS) is 10.7. The fourth-order valence-corrected chi connectivity index (χ4v) is 3.10. The Kier molecular flexibility index (Phi) is 5.07. The molecular formula is C23H19N3O3. The maximum atomic E-state index is 12.4. The second-order valence-corrected chi connectivity index (χ2v) is 6.56. The second-order valence-electron chi connectivity index (χ2n) is 6.56. The molecule has 144 valence electrons. The highest BCUT2D eigenvalue weighted by atomic mass is 16.5. The molecule has 29 heavy (non-hydrogen) atoms. The smallest absolute Gasteiger partial charge is 0.267 e. The number of amides is 1. The highest BCUT2D eigenvalue weighted by Crippen LogP contribution is 2.22. The minimum Gasteiger partial charge on any atom is -0.497 e. The molecule has 1 aromatic heterocycles. The maximum Gasteiger partial charge on any atom is 0.267 e. The van der Waals surface area contributed by atoms with Crippen LogP contribution in [0, 0.1) is 0 Å². The van der Waals surface area contributed by atoms with Gasteiger partial charge in [0, 0.05) is 23.4 Å². The summed E-state index contributed by atoms with van der Waals surface area (Å²) >= 11 is 0. The van der Waals surface area contributed by atoms with Crippen molar-refractivity contribution in [1.82, 2.24) is 9.78 Å². The molecule has 0 fully saturated rings. The Balaban J connectivity index is 1.57. The third kappa shape index (κ3) is 4.16. The zero-order valence-electron chi connectivity index (χ0n) is 15.8. The zero-order valence-corrected chi connectivity index (χ0v) is 15.8. The largest absolute Gasteiger partial charge is 0.497 e. The molecule has 0 spiro atoms. The first-order chi connectivity index (χ1) is 14.1. The first-order valence-electron chi connectivity index (χ1n) is 9.14. The second kappa shape index (κ2) is 7.98. The van der Waals surface area contributed by atoms with Crippen molar-refractivity contribution in [3.63, 3.8) is 0 Å². The van der Waals surface area contributed by atoms with E-state index in [2.05, 4.69) is 10.4 Å². The molecule has 4 rings (SSSR count). The Morgan fingerprint density at radius 2 is 1.79 bits per heavy atom. The molecule has 6 heteroatoms. The van der Waals surface area contributed by atoms with Gasteiger partial charge in [-0.25, -0.2) is 4.68 Å². The van der Waals surface area contributed by atoms with E-state index < -0.39 is 0 Å². The van der Waals surface area contributed by atoms with E-state index in [1.54, 1.807) is 37.4 Å². The summed E-state index contributed by atoms with van der Waals surface area (Å²) in [6.07, 6.45) is 0. The molecule has 1 N–H and O–H groups in total. The van der Waals surface area contributed by atoms with Gasteiger partial charge in [-0.2, -0.15) is 5.10 Å². The first-order valence-corrected chi connectivity index (χ1v) is 9.14. The van der Waals surface area contributed by atoms with E-state index in [1.165, 1.54) is 10.7 Å². The molecule has 3 aromatic carbocycles.